The Morgan fingerprint density at radius 2 is 2.31 bits per heavy atom. The Labute approximate surface area is 77.8 Å². The molecule has 0 amide bonds. The molecule has 3 nitrogen and oxygen atoms in total. The predicted molar refractivity (Wildman–Crippen MR) is 49.3 cm³/mol. The minimum absolute atomic E-state index is 0.0653. The third-order valence-electron chi connectivity index (χ3n) is 2.40. The van der Waals surface area contributed by atoms with Crippen LogP contribution in [0.4, 0.5) is 0 Å². The molecule has 0 bridgehead atoms. The van der Waals surface area contributed by atoms with E-state index in [0.717, 1.165) is 23.5 Å². The first kappa shape index (κ1) is 8.63. The lowest BCUT2D eigenvalue weighted by Crippen LogP contribution is -2.02. The molecular weight excluding hydrogens is 164 g/mol. The maximum atomic E-state index is 9.08. The number of hydrogen-bond donors (Lipinski definition) is 1. The van der Waals surface area contributed by atoms with Crippen LogP contribution in [0.3, 0.4) is 0 Å². The van der Waals surface area contributed by atoms with Gasteiger partial charge in [0.25, 0.3) is 0 Å². The van der Waals surface area contributed by atoms with E-state index in [-0.39, 0.29) is 6.61 Å². The van der Waals surface area contributed by atoms with E-state index in [1.165, 1.54) is 12.8 Å². The van der Waals surface area contributed by atoms with E-state index in [4.69, 9.17) is 5.11 Å². The molecule has 0 aliphatic heterocycles. The Balaban J connectivity index is 2.35. The number of rotatable bonds is 3. The average Bonchev–Trinajstić information content (AvgIpc) is 3.00. The topological polar surface area (TPSA) is 46.0 Å². The Morgan fingerprint density at radius 1 is 1.54 bits per heavy atom. The maximum Gasteiger partial charge on any atom is 0.128 e. The van der Waals surface area contributed by atoms with Crippen molar-refractivity contribution in [3.05, 3.63) is 23.3 Å². The zero-order chi connectivity index (χ0) is 9.26. The van der Waals surface area contributed by atoms with Crippen molar-refractivity contribution in [2.75, 3.05) is 0 Å². The fourth-order valence-corrected chi connectivity index (χ4v) is 1.46. The highest BCUT2D eigenvalue weighted by Gasteiger charge is 2.27. The second kappa shape index (κ2) is 3.42. The Morgan fingerprint density at radius 3 is 2.85 bits per heavy atom. The molecule has 70 valence electrons. The molecule has 1 aromatic rings. The van der Waals surface area contributed by atoms with Gasteiger partial charge >= 0.3 is 0 Å². The lowest BCUT2D eigenvalue weighted by atomic mass is 10.1. The van der Waals surface area contributed by atoms with Crippen molar-refractivity contribution >= 4 is 0 Å². The summed E-state index contributed by atoms with van der Waals surface area (Å²) in [7, 11) is 0. The molecule has 13 heavy (non-hydrogen) atoms. The van der Waals surface area contributed by atoms with Crippen LogP contribution in [0.1, 0.15) is 42.8 Å². The number of aromatic nitrogens is 2. The third kappa shape index (κ3) is 1.70. The molecule has 0 saturated heterocycles. The quantitative estimate of drug-likeness (QED) is 0.761. The molecule has 0 atom stereocenters. The first-order valence-electron chi connectivity index (χ1n) is 4.80. The summed E-state index contributed by atoms with van der Waals surface area (Å²) in [5.41, 5.74) is 1.98. The number of aryl methyl sites for hydroxylation is 1. The largest absolute Gasteiger partial charge is 0.392 e. The third-order valence-corrected chi connectivity index (χ3v) is 2.40. The second-order valence-electron chi connectivity index (χ2n) is 3.48. The van der Waals surface area contributed by atoms with Crippen molar-refractivity contribution in [2.24, 2.45) is 0 Å². The van der Waals surface area contributed by atoms with Crippen molar-refractivity contribution < 1.29 is 5.11 Å². The normalized spacial score (nSPS) is 16.2. The summed E-state index contributed by atoms with van der Waals surface area (Å²) in [6, 6.07) is 0. The van der Waals surface area contributed by atoms with Gasteiger partial charge in [0.2, 0.25) is 0 Å². The molecular formula is C10H14N2O. The van der Waals surface area contributed by atoms with E-state index in [1.54, 1.807) is 6.20 Å². The van der Waals surface area contributed by atoms with Gasteiger partial charge in [-0.15, -0.1) is 0 Å². The van der Waals surface area contributed by atoms with Crippen LogP contribution in [0.15, 0.2) is 6.20 Å². The highest BCUT2D eigenvalue weighted by molar-refractivity contribution is 5.24. The van der Waals surface area contributed by atoms with Crippen LogP contribution in [0.25, 0.3) is 0 Å². The van der Waals surface area contributed by atoms with Gasteiger partial charge in [-0.2, -0.15) is 0 Å². The second-order valence-corrected chi connectivity index (χ2v) is 3.48. The molecule has 0 spiro atoms. The SMILES string of the molecule is CCc1ncc(CO)c(C2CC2)n1. The average molecular weight is 178 g/mol. The van der Waals surface area contributed by atoms with Crippen molar-refractivity contribution in [3.63, 3.8) is 0 Å². The molecule has 1 aliphatic carbocycles. The summed E-state index contributed by atoms with van der Waals surface area (Å²) in [6.07, 6.45) is 5.06. The van der Waals surface area contributed by atoms with E-state index >= 15 is 0 Å². The van der Waals surface area contributed by atoms with Crippen LogP contribution in [-0.4, -0.2) is 15.1 Å². The van der Waals surface area contributed by atoms with E-state index in [2.05, 4.69) is 9.97 Å². The lowest BCUT2D eigenvalue weighted by Gasteiger charge is -2.05. The highest BCUT2D eigenvalue weighted by Crippen LogP contribution is 2.40. The molecule has 0 radical (unpaired) electrons. The van der Waals surface area contributed by atoms with Gasteiger partial charge in [0.1, 0.15) is 5.82 Å². The number of nitrogens with zero attached hydrogens (tertiary/aromatic N) is 2. The van der Waals surface area contributed by atoms with E-state index < -0.39 is 0 Å². The van der Waals surface area contributed by atoms with Gasteiger partial charge in [-0.25, -0.2) is 9.97 Å². The molecule has 3 heteroatoms. The number of aliphatic hydroxyl groups excluding tert-OH is 1. The predicted octanol–water partition coefficient (Wildman–Crippen LogP) is 1.41. The Hall–Kier alpha value is -0.960. The standard InChI is InChI=1S/C10H14N2O/c1-2-9-11-5-8(6-13)10(12-9)7-3-4-7/h5,7,13H,2-4,6H2,1H3. The monoisotopic (exact) mass is 178 g/mol. The summed E-state index contributed by atoms with van der Waals surface area (Å²) in [5, 5.41) is 9.08. The summed E-state index contributed by atoms with van der Waals surface area (Å²) < 4.78 is 0. The Bertz CT molecular complexity index is 308. The molecule has 2 rings (SSSR count). The fraction of sp³-hybridized carbons (Fsp3) is 0.600. The molecule has 1 saturated carbocycles. The van der Waals surface area contributed by atoms with Gasteiger partial charge in [-0.05, 0) is 12.8 Å². The summed E-state index contributed by atoms with van der Waals surface area (Å²) in [4.78, 5) is 8.62. The van der Waals surface area contributed by atoms with E-state index in [9.17, 15) is 0 Å². The summed E-state index contributed by atoms with van der Waals surface area (Å²) in [5.74, 6) is 1.48. The van der Waals surface area contributed by atoms with Crippen molar-refractivity contribution in [3.8, 4) is 0 Å². The van der Waals surface area contributed by atoms with Gasteiger partial charge < -0.3 is 5.11 Å². The zero-order valence-electron chi connectivity index (χ0n) is 7.82. The number of aliphatic hydroxyl groups is 1. The van der Waals surface area contributed by atoms with Crippen molar-refractivity contribution in [1.82, 2.24) is 9.97 Å². The molecule has 0 aromatic carbocycles. The van der Waals surface area contributed by atoms with Gasteiger partial charge in [-0.1, -0.05) is 6.92 Å². The van der Waals surface area contributed by atoms with Crippen LogP contribution in [0.2, 0.25) is 0 Å². The smallest absolute Gasteiger partial charge is 0.128 e. The van der Waals surface area contributed by atoms with Crippen LogP contribution in [0.5, 0.6) is 0 Å². The zero-order valence-corrected chi connectivity index (χ0v) is 7.82. The van der Waals surface area contributed by atoms with Gasteiger partial charge in [0, 0.05) is 24.1 Å². The molecule has 1 aromatic heterocycles. The summed E-state index contributed by atoms with van der Waals surface area (Å²) in [6.45, 7) is 2.11. The van der Waals surface area contributed by atoms with Gasteiger partial charge in [0.15, 0.2) is 0 Å². The van der Waals surface area contributed by atoms with E-state index in [0.29, 0.717) is 5.92 Å². The first-order valence-corrected chi connectivity index (χ1v) is 4.80. The minimum Gasteiger partial charge on any atom is -0.392 e. The lowest BCUT2D eigenvalue weighted by molar-refractivity contribution is 0.279. The molecule has 0 unspecified atom stereocenters. The first-order chi connectivity index (χ1) is 6.35. The molecule has 1 N–H and O–H groups in total. The molecule has 1 heterocycles. The van der Waals surface area contributed by atoms with Crippen LogP contribution < -0.4 is 0 Å². The van der Waals surface area contributed by atoms with Crippen LogP contribution in [-0.2, 0) is 13.0 Å². The summed E-state index contributed by atoms with van der Waals surface area (Å²) >= 11 is 0. The van der Waals surface area contributed by atoms with E-state index in [1.807, 2.05) is 6.92 Å². The highest BCUT2D eigenvalue weighted by atomic mass is 16.3. The van der Waals surface area contributed by atoms with Crippen molar-refractivity contribution in [2.45, 2.75) is 38.7 Å². The fourth-order valence-electron chi connectivity index (χ4n) is 1.46. The molecule has 1 fully saturated rings. The molecule has 1 aliphatic rings. The van der Waals surface area contributed by atoms with Crippen molar-refractivity contribution in [1.29, 1.82) is 0 Å². The van der Waals surface area contributed by atoms with Gasteiger partial charge in [-0.3, -0.25) is 0 Å². The van der Waals surface area contributed by atoms with Crippen LogP contribution >= 0.6 is 0 Å². The Kier molecular flexibility index (Phi) is 2.27. The minimum atomic E-state index is 0.0653. The van der Waals surface area contributed by atoms with Crippen LogP contribution in [0, 0.1) is 0 Å². The maximum absolute atomic E-state index is 9.08. The van der Waals surface area contributed by atoms with Gasteiger partial charge in [0.05, 0.1) is 12.3 Å². The number of hydrogen-bond acceptors (Lipinski definition) is 3.